The van der Waals surface area contributed by atoms with Crippen LogP contribution in [0.2, 0.25) is 0 Å². The topological polar surface area (TPSA) is 79.0 Å². The number of hydrogen-bond acceptors (Lipinski definition) is 4. The van der Waals surface area contributed by atoms with E-state index in [1.807, 2.05) is 30.4 Å². The van der Waals surface area contributed by atoms with Gasteiger partial charge in [0.1, 0.15) is 11.6 Å². The normalized spacial score (nSPS) is 10.8. The van der Waals surface area contributed by atoms with E-state index < -0.39 is 4.92 Å². The maximum atomic E-state index is 10.9. The third-order valence-electron chi connectivity index (χ3n) is 4.83. The lowest BCUT2D eigenvalue weighted by atomic mass is 10.1. The van der Waals surface area contributed by atoms with Crippen LogP contribution < -0.4 is 5.32 Å². The van der Waals surface area contributed by atoms with E-state index in [1.54, 1.807) is 6.07 Å². The van der Waals surface area contributed by atoms with E-state index in [1.165, 1.54) is 57.1 Å². The van der Waals surface area contributed by atoms with Crippen molar-refractivity contribution in [3.05, 3.63) is 69.3 Å². The Hall–Kier alpha value is -3.13. The zero-order valence-corrected chi connectivity index (χ0v) is 17.1. The van der Waals surface area contributed by atoms with Crippen LogP contribution >= 0.6 is 0 Å². The van der Waals surface area contributed by atoms with Crippen molar-refractivity contribution >= 4 is 23.5 Å². The fourth-order valence-electron chi connectivity index (χ4n) is 3.13. The van der Waals surface area contributed by atoms with Crippen LogP contribution in [-0.2, 0) is 0 Å². The molecule has 29 heavy (non-hydrogen) atoms. The summed E-state index contributed by atoms with van der Waals surface area (Å²) < 4.78 is 0. The van der Waals surface area contributed by atoms with Crippen molar-refractivity contribution in [2.75, 3.05) is 11.9 Å². The summed E-state index contributed by atoms with van der Waals surface area (Å²) in [5.41, 5.74) is 2.80. The van der Waals surface area contributed by atoms with Crippen LogP contribution in [0, 0.1) is 21.4 Å². The van der Waals surface area contributed by atoms with Crippen LogP contribution in [0.1, 0.15) is 68.6 Å². The molecule has 0 saturated carbocycles. The SMILES string of the molecule is CCCCCCCCCNc1ccc(C=Cc2ccc([N+](=O)[O-])c(C#N)c2)cc1. The summed E-state index contributed by atoms with van der Waals surface area (Å²) in [6.07, 6.45) is 12.9. The largest absolute Gasteiger partial charge is 0.385 e. The molecular formula is C24H29N3O2. The molecule has 2 aromatic carbocycles. The average molecular weight is 392 g/mol. The predicted molar refractivity (Wildman–Crippen MR) is 120 cm³/mol. The summed E-state index contributed by atoms with van der Waals surface area (Å²) in [5, 5.41) is 23.4. The van der Waals surface area contributed by atoms with Crippen LogP contribution in [0.5, 0.6) is 0 Å². The first-order valence-corrected chi connectivity index (χ1v) is 10.3. The highest BCUT2D eigenvalue weighted by Crippen LogP contribution is 2.21. The molecule has 2 aromatic rings. The van der Waals surface area contributed by atoms with Gasteiger partial charge in [-0.3, -0.25) is 10.1 Å². The van der Waals surface area contributed by atoms with E-state index in [9.17, 15) is 10.1 Å². The molecule has 0 aliphatic carbocycles. The van der Waals surface area contributed by atoms with E-state index in [-0.39, 0.29) is 11.3 Å². The summed E-state index contributed by atoms with van der Waals surface area (Å²) in [4.78, 5) is 10.4. The molecule has 5 heteroatoms. The lowest BCUT2D eigenvalue weighted by molar-refractivity contribution is -0.385. The predicted octanol–water partition coefficient (Wildman–Crippen LogP) is 6.80. The summed E-state index contributed by atoms with van der Waals surface area (Å²) in [6.45, 7) is 3.23. The summed E-state index contributed by atoms with van der Waals surface area (Å²) in [6, 6.07) is 14.6. The minimum atomic E-state index is -0.537. The van der Waals surface area contributed by atoms with Gasteiger partial charge in [-0.05, 0) is 41.8 Å². The molecule has 0 bridgehead atoms. The van der Waals surface area contributed by atoms with Crippen LogP contribution in [0.4, 0.5) is 11.4 Å². The second kappa shape index (κ2) is 12.4. The van der Waals surface area contributed by atoms with E-state index in [0.717, 1.165) is 23.4 Å². The van der Waals surface area contributed by atoms with Gasteiger partial charge in [0.2, 0.25) is 0 Å². The molecular weight excluding hydrogens is 362 g/mol. The van der Waals surface area contributed by atoms with Gasteiger partial charge in [-0.2, -0.15) is 5.26 Å². The van der Waals surface area contributed by atoms with Crippen molar-refractivity contribution < 1.29 is 4.92 Å². The standard InChI is InChI=1S/C24H29N3O2/c1-2-3-4-5-6-7-8-17-26-23-14-11-20(12-15-23)9-10-21-13-16-24(27(28)29)22(18-21)19-25/h9-16,18,26H,2-8,17H2,1H3. The fraction of sp³-hybridized carbons (Fsp3) is 0.375. The van der Waals surface area contributed by atoms with Gasteiger partial charge >= 0.3 is 0 Å². The molecule has 0 heterocycles. The summed E-state index contributed by atoms with van der Waals surface area (Å²) >= 11 is 0. The third-order valence-corrected chi connectivity index (χ3v) is 4.83. The number of nitro benzene ring substituents is 1. The van der Waals surface area contributed by atoms with Crippen LogP contribution in [0.3, 0.4) is 0 Å². The Morgan fingerprint density at radius 2 is 1.59 bits per heavy atom. The number of unbranched alkanes of at least 4 members (excludes halogenated alkanes) is 6. The van der Waals surface area contributed by atoms with Gasteiger partial charge in [0.25, 0.3) is 5.69 Å². The van der Waals surface area contributed by atoms with Crippen LogP contribution in [0.25, 0.3) is 12.2 Å². The first-order valence-electron chi connectivity index (χ1n) is 10.3. The van der Waals surface area contributed by atoms with E-state index in [2.05, 4.69) is 24.4 Å². The number of anilines is 1. The lowest BCUT2D eigenvalue weighted by Crippen LogP contribution is -2.01. The zero-order valence-electron chi connectivity index (χ0n) is 17.1. The van der Waals surface area contributed by atoms with Gasteiger partial charge in [-0.25, -0.2) is 0 Å². The summed E-state index contributed by atoms with van der Waals surface area (Å²) in [7, 11) is 0. The molecule has 5 nitrogen and oxygen atoms in total. The van der Waals surface area contributed by atoms with E-state index in [4.69, 9.17) is 5.26 Å². The van der Waals surface area contributed by atoms with Gasteiger partial charge in [0.15, 0.2) is 0 Å². The van der Waals surface area contributed by atoms with Gasteiger partial charge in [0, 0.05) is 18.3 Å². The Morgan fingerprint density at radius 1 is 0.966 bits per heavy atom. The number of nitro groups is 1. The highest BCUT2D eigenvalue weighted by molar-refractivity contribution is 5.72. The lowest BCUT2D eigenvalue weighted by Gasteiger charge is -2.07. The maximum absolute atomic E-state index is 10.9. The van der Waals surface area contributed by atoms with Crippen molar-refractivity contribution in [3.8, 4) is 6.07 Å². The quantitative estimate of drug-likeness (QED) is 0.187. The van der Waals surface area contributed by atoms with E-state index in [0.29, 0.717) is 0 Å². The second-order valence-electron chi connectivity index (χ2n) is 7.15. The third kappa shape index (κ3) is 7.79. The molecule has 0 unspecified atom stereocenters. The van der Waals surface area contributed by atoms with Crippen molar-refractivity contribution in [1.82, 2.24) is 0 Å². The van der Waals surface area contributed by atoms with Crippen molar-refractivity contribution in [2.45, 2.75) is 51.9 Å². The Bertz CT molecular complexity index is 851. The minimum absolute atomic E-state index is 0.0714. The Labute approximate surface area is 173 Å². The van der Waals surface area contributed by atoms with Gasteiger partial charge < -0.3 is 5.32 Å². The second-order valence-corrected chi connectivity index (χ2v) is 7.15. The number of hydrogen-bond donors (Lipinski definition) is 1. The smallest absolute Gasteiger partial charge is 0.287 e. The van der Waals surface area contributed by atoms with Crippen molar-refractivity contribution in [1.29, 1.82) is 5.26 Å². The van der Waals surface area contributed by atoms with Crippen LogP contribution in [0.15, 0.2) is 42.5 Å². The molecule has 0 aromatic heterocycles. The number of nitriles is 1. The molecule has 0 saturated heterocycles. The maximum Gasteiger partial charge on any atom is 0.287 e. The average Bonchev–Trinajstić information content (AvgIpc) is 2.74. The highest BCUT2D eigenvalue weighted by Gasteiger charge is 2.12. The molecule has 1 N–H and O–H groups in total. The van der Waals surface area contributed by atoms with Crippen molar-refractivity contribution in [2.24, 2.45) is 0 Å². The first-order chi connectivity index (χ1) is 14.1. The minimum Gasteiger partial charge on any atom is -0.385 e. The van der Waals surface area contributed by atoms with Crippen LogP contribution in [-0.4, -0.2) is 11.5 Å². The zero-order chi connectivity index (χ0) is 20.9. The van der Waals surface area contributed by atoms with Crippen molar-refractivity contribution in [3.63, 3.8) is 0 Å². The molecule has 0 radical (unpaired) electrons. The molecule has 0 spiro atoms. The first kappa shape index (κ1) is 22.2. The highest BCUT2D eigenvalue weighted by atomic mass is 16.6. The molecule has 0 aliphatic heterocycles. The van der Waals surface area contributed by atoms with Gasteiger partial charge in [-0.15, -0.1) is 0 Å². The molecule has 0 amide bonds. The molecule has 2 rings (SSSR count). The summed E-state index contributed by atoms with van der Waals surface area (Å²) in [5.74, 6) is 0. The number of benzene rings is 2. The van der Waals surface area contributed by atoms with Gasteiger partial charge in [0.05, 0.1) is 4.92 Å². The number of nitrogens with one attached hydrogen (secondary N) is 1. The van der Waals surface area contributed by atoms with E-state index >= 15 is 0 Å². The Kier molecular flexibility index (Phi) is 9.44. The Balaban J connectivity index is 1.80. The molecule has 152 valence electrons. The fourth-order valence-corrected chi connectivity index (χ4v) is 3.13. The molecule has 0 aliphatic rings. The van der Waals surface area contributed by atoms with Gasteiger partial charge in [-0.1, -0.05) is 69.7 Å². The molecule has 0 fully saturated rings. The number of nitrogens with zero attached hydrogens (tertiary/aromatic N) is 2. The Morgan fingerprint density at radius 3 is 2.24 bits per heavy atom. The monoisotopic (exact) mass is 391 g/mol. The molecule has 0 atom stereocenters. The number of rotatable bonds is 12.